The lowest BCUT2D eigenvalue weighted by Crippen LogP contribution is -2.50. The molecule has 1 amide bonds. The predicted molar refractivity (Wildman–Crippen MR) is 131 cm³/mol. The van der Waals surface area contributed by atoms with Crippen LogP contribution >= 0.6 is 0 Å². The number of benzene rings is 3. The molecule has 1 fully saturated rings. The van der Waals surface area contributed by atoms with Crippen LogP contribution < -0.4 is 10.1 Å². The first-order chi connectivity index (χ1) is 16.6. The monoisotopic (exact) mass is 455 g/mol. The molecule has 0 spiro atoms. The third-order valence-corrected chi connectivity index (χ3v) is 6.51. The Kier molecular flexibility index (Phi) is 7.58. The number of nitrogens with zero attached hydrogens (tertiary/aromatic N) is 2. The Morgan fingerprint density at radius 3 is 2.53 bits per heavy atom. The SMILES string of the molecule is COc1ccc(-c2ccc(C#N)cc2)cc1CNC1CCN(C(=O)CO)CC1c1ccccc1. The van der Waals surface area contributed by atoms with Crippen LogP contribution in [0.4, 0.5) is 0 Å². The molecule has 174 valence electrons. The van der Waals surface area contributed by atoms with Crippen molar-refractivity contribution in [3.8, 4) is 22.9 Å². The molecular weight excluding hydrogens is 426 g/mol. The third-order valence-electron chi connectivity index (χ3n) is 6.51. The van der Waals surface area contributed by atoms with Crippen molar-refractivity contribution in [3.63, 3.8) is 0 Å². The van der Waals surface area contributed by atoms with Crippen molar-refractivity contribution in [2.24, 2.45) is 0 Å². The maximum absolute atomic E-state index is 12.1. The molecule has 0 aromatic heterocycles. The molecule has 1 aliphatic heterocycles. The van der Waals surface area contributed by atoms with Crippen LogP contribution in [-0.4, -0.2) is 48.8 Å². The van der Waals surface area contributed by atoms with Gasteiger partial charge in [-0.05, 0) is 47.4 Å². The molecule has 1 saturated heterocycles. The van der Waals surface area contributed by atoms with Gasteiger partial charge in [0.1, 0.15) is 12.4 Å². The Morgan fingerprint density at radius 2 is 1.85 bits per heavy atom. The number of aliphatic hydroxyl groups is 1. The van der Waals surface area contributed by atoms with Crippen LogP contribution in [0.25, 0.3) is 11.1 Å². The maximum atomic E-state index is 12.1. The first kappa shape index (κ1) is 23.5. The molecule has 2 atom stereocenters. The summed E-state index contributed by atoms with van der Waals surface area (Å²) in [5, 5.41) is 22.1. The van der Waals surface area contributed by atoms with E-state index in [0.29, 0.717) is 25.2 Å². The average Bonchev–Trinajstić information content (AvgIpc) is 2.91. The summed E-state index contributed by atoms with van der Waals surface area (Å²) < 4.78 is 5.62. The van der Waals surface area contributed by atoms with Gasteiger partial charge in [0.25, 0.3) is 0 Å². The second-order valence-electron chi connectivity index (χ2n) is 8.51. The molecule has 3 aromatic carbocycles. The highest BCUT2D eigenvalue weighted by Crippen LogP contribution is 2.30. The lowest BCUT2D eigenvalue weighted by Gasteiger charge is -2.39. The van der Waals surface area contributed by atoms with E-state index < -0.39 is 6.61 Å². The molecule has 0 bridgehead atoms. The molecule has 0 radical (unpaired) electrons. The molecule has 0 saturated carbocycles. The number of nitrogens with one attached hydrogen (secondary N) is 1. The summed E-state index contributed by atoms with van der Waals surface area (Å²) in [5.74, 6) is 0.711. The Hall–Kier alpha value is -3.66. The van der Waals surface area contributed by atoms with Gasteiger partial charge < -0.3 is 20.1 Å². The van der Waals surface area contributed by atoms with Crippen molar-refractivity contribution in [2.75, 3.05) is 26.8 Å². The number of hydrogen-bond donors (Lipinski definition) is 2. The van der Waals surface area contributed by atoms with E-state index in [9.17, 15) is 9.90 Å². The standard InChI is InChI=1S/C28H29N3O3/c1-34-27-12-11-23(21-9-7-20(16-29)8-10-21)15-24(27)17-30-26-13-14-31(28(33)19-32)18-25(26)22-5-3-2-4-6-22/h2-12,15,25-26,30,32H,13-14,17-19H2,1H3. The van der Waals surface area contributed by atoms with Crippen LogP contribution in [0, 0.1) is 11.3 Å². The maximum Gasteiger partial charge on any atom is 0.248 e. The van der Waals surface area contributed by atoms with E-state index in [1.54, 1.807) is 12.0 Å². The summed E-state index contributed by atoms with van der Waals surface area (Å²) >= 11 is 0. The van der Waals surface area contributed by atoms with Crippen LogP contribution in [-0.2, 0) is 11.3 Å². The van der Waals surface area contributed by atoms with Crippen molar-refractivity contribution < 1.29 is 14.6 Å². The summed E-state index contributed by atoms with van der Waals surface area (Å²) in [6.45, 7) is 1.35. The van der Waals surface area contributed by atoms with Crippen molar-refractivity contribution >= 4 is 5.91 Å². The number of rotatable bonds is 7. The molecule has 1 heterocycles. The van der Waals surface area contributed by atoms with E-state index in [4.69, 9.17) is 10.00 Å². The number of likely N-dealkylation sites (tertiary alicyclic amines) is 1. The molecule has 0 aliphatic carbocycles. The second-order valence-corrected chi connectivity index (χ2v) is 8.51. The first-order valence-electron chi connectivity index (χ1n) is 11.5. The van der Waals surface area contributed by atoms with Crippen molar-refractivity contribution in [3.05, 3.63) is 89.5 Å². The molecule has 1 aliphatic rings. The lowest BCUT2D eigenvalue weighted by atomic mass is 9.85. The number of carbonyl (C=O) groups excluding carboxylic acids is 1. The fraction of sp³-hybridized carbons (Fsp3) is 0.286. The minimum absolute atomic E-state index is 0.123. The van der Waals surface area contributed by atoms with Gasteiger partial charge in [-0.25, -0.2) is 0 Å². The van der Waals surface area contributed by atoms with Gasteiger partial charge in [-0.15, -0.1) is 0 Å². The van der Waals surface area contributed by atoms with Crippen LogP contribution in [0.15, 0.2) is 72.8 Å². The third kappa shape index (κ3) is 5.28. The smallest absolute Gasteiger partial charge is 0.248 e. The molecule has 2 unspecified atom stereocenters. The number of hydrogen-bond acceptors (Lipinski definition) is 5. The van der Waals surface area contributed by atoms with Gasteiger partial charge in [0.2, 0.25) is 5.91 Å². The lowest BCUT2D eigenvalue weighted by molar-refractivity contribution is -0.135. The van der Waals surface area contributed by atoms with Crippen molar-refractivity contribution in [1.82, 2.24) is 10.2 Å². The quantitative estimate of drug-likeness (QED) is 0.567. The van der Waals surface area contributed by atoms with Gasteiger partial charge in [-0.1, -0.05) is 48.5 Å². The normalized spacial score (nSPS) is 17.7. The van der Waals surface area contributed by atoms with Gasteiger partial charge in [-0.3, -0.25) is 4.79 Å². The molecule has 4 rings (SSSR count). The van der Waals surface area contributed by atoms with E-state index in [1.165, 1.54) is 5.56 Å². The number of aliphatic hydroxyl groups excluding tert-OH is 1. The number of ether oxygens (including phenoxy) is 1. The number of nitriles is 1. The molecule has 3 aromatic rings. The molecule has 6 heteroatoms. The van der Waals surface area contributed by atoms with E-state index in [-0.39, 0.29) is 17.9 Å². The topological polar surface area (TPSA) is 85.6 Å². The van der Waals surface area contributed by atoms with E-state index >= 15 is 0 Å². The van der Waals surface area contributed by atoms with Crippen LogP contribution in [0.1, 0.15) is 29.0 Å². The summed E-state index contributed by atoms with van der Waals surface area (Å²) in [4.78, 5) is 13.9. The summed E-state index contributed by atoms with van der Waals surface area (Å²) in [7, 11) is 1.67. The molecule has 2 N–H and O–H groups in total. The fourth-order valence-corrected chi connectivity index (χ4v) is 4.64. The van der Waals surface area contributed by atoms with Crippen LogP contribution in [0.3, 0.4) is 0 Å². The zero-order chi connectivity index (χ0) is 23.9. The summed E-state index contributed by atoms with van der Waals surface area (Å²) in [6.07, 6.45) is 0.795. The summed E-state index contributed by atoms with van der Waals surface area (Å²) in [6, 6.07) is 26.2. The van der Waals surface area contributed by atoms with Crippen molar-refractivity contribution in [2.45, 2.75) is 24.9 Å². The zero-order valence-corrected chi connectivity index (χ0v) is 19.3. The van der Waals surface area contributed by atoms with Gasteiger partial charge in [-0.2, -0.15) is 5.26 Å². The minimum Gasteiger partial charge on any atom is -0.496 e. The molecular formula is C28H29N3O3. The highest BCUT2D eigenvalue weighted by Gasteiger charge is 2.32. The van der Waals surface area contributed by atoms with E-state index in [2.05, 4.69) is 29.6 Å². The Bertz CT molecular complexity index is 1160. The van der Waals surface area contributed by atoms with Gasteiger partial charge in [0.15, 0.2) is 0 Å². The van der Waals surface area contributed by atoms with Crippen LogP contribution in [0.5, 0.6) is 5.75 Å². The first-order valence-corrected chi connectivity index (χ1v) is 11.5. The van der Waals surface area contributed by atoms with E-state index in [0.717, 1.165) is 28.9 Å². The highest BCUT2D eigenvalue weighted by atomic mass is 16.5. The Balaban J connectivity index is 1.54. The zero-order valence-electron chi connectivity index (χ0n) is 19.3. The largest absolute Gasteiger partial charge is 0.496 e. The number of amides is 1. The average molecular weight is 456 g/mol. The van der Waals surface area contributed by atoms with Gasteiger partial charge in [0, 0.05) is 37.2 Å². The molecule has 34 heavy (non-hydrogen) atoms. The number of carbonyl (C=O) groups is 1. The number of piperidine rings is 1. The highest BCUT2D eigenvalue weighted by molar-refractivity contribution is 5.77. The van der Waals surface area contributed by atoms with Gasteiger partial charge in [0.05, 0.1) is 18.7 Å². The Morgan fingerprint density at radius 1 is 1.12 bits per heavy atom. The predicted octanol–water partition coefficient (Wildman–Crippen LogP) is 3.70. The minimum atomic E-state index is -0.459. The second kappa shape index (κ2) is 11.0. The Labute approximate surface area is 200 Å². The van der Waals surface area contributed by atoms with Gasteiger partial charge >= 0.3 is 0 Å². The fourth-order valence-electron chi connectivity index (χ4n) is 4.64. The number of methoxy groups -OCH3 is 1. The molecule has 6 nitrogen and oxygen atoms in total. The van der Waals surface area contributed by atoms with Crippen molar-refractivity contribution in [1.29, 1.82) is 5.26 Å². The van der Waals surface area contributed by atoms with Crippen LogP contribution in [0.2, 0.25) is 0 Å². The summed E-state index contributed by atoms with van der Waals surface area (Å²) in [5.41, 5.74) is 4.96. The van der Waals surface area contributed by atoms with E-state index in [1.807, 2.05) is 54.6 Å².